The summed E-state index contributed by atoms with van der Waals surface area (Å²) in [5.41, 5.74) is 9.23. The number of halogens is 1. The highest BCUT2D eigenvalue weighted by atomic mass is 35.5. The number of rotatable bonds is 4. The third kappa shape index (κ3) is 3.28. The highest BCUT2D eigenvalue weighted by Crippen LogP contribution is 2.32. The Morgan fingerprint density at radius 1 is 1.16 bits per heavy atom. The predicted octanol–water partition coefficient (Wildman–Crippen LogP) is 4.25. The molecule has 0 radical (unpaired) electrons. The average molecular weight is 276 g/mol. The van der Waals surface area contributed by atoms with Gasteiger partial charge in [0.2, 0.25) is 0 Å². The standard InChI is InChI=1S/C16H18ClNO/c1-11-6-3-4-7-13(11)10-19-16-14(12(2)18)8-5-9-15(16)17/h3-9,12H,10,18H2,1-2H3. The molecule has 0 bridgehead atoms. The van der Waals surface area contributed by atoms with Crippen LogP contribution in [-0.2, 0) is 6.61 Å². The van der Waals surface area contributed by atoms with Gasteiger partial charge in [-0.3, -0.25) is 0 Å². The van der Waals surface area contributed by atoms with Crippen molar-refractivity contribution < 1.29 is 4.74 Å². The van der Waals surface area contributed by atoms with Crippen molar-refractivity contribution in [3.05, 3.63) is 64.2 Å². The van der Waals surface area contributed by atoms with Gasteiger partial charge in [-0.05, 0) is 31.0 Å². The quantitative estimate of drug-likeness (QED) is 0.905. The summed E-state index contributed by atoms with van der Waals surface area (Å²) in [5.74, 6) is 0.683. The van der Waals surface area contributed by atoms with Gasteiger partial charge in [-0.1, -0.05) is 48.0 Å². The molecule has 0 heterocycles. The first-order valence-electron chi connectivity index (χ1n) is 6.31. The van der Waals surface area contributed by atoms with Gasteiger partial charge in [-0.2, -0.15) is 0 Å². The number of benzene rings is 2. The topological polar surface area (TPSA) is 35.2 Å². The van der Waals surface area contributed by atoms with Crippen LogP contribution >= 0.6 is 11.6 Å². The molecule has 2 aromatic carbocycles. The smallest absolute Gasteiger partial charge is 0.143 e. The van der Waals surface area contributed by atoms with E-state index in [1.54, 1.807) is 0 Å². The molecule has 0 aromatic heterocycles. The first kappa shape index (κ1) is 13.9. The molecule has 0 aliphatic heterocycles. The van der Waals surface area contributed by atoms with Gasteiger partial charge in [0.15, 0.2) is 0 Å². The summed E-state index contributed by atoms with van der Waals surface area (Å²) in [6.07, 6.45) is 0. The lowest BCUT2D eigenvalue weighted by atomic mass is 10.1. The summed E-state index contributed by atoms with van der Waals surface area (Å²) in [6.45, 7) is 4.49. The first-order chi connectivity index (χ1) is 9.09. The van der Waals surface area contributed by atoms with Crippen molar-refractivity contribution in [3.8, 4) is 5.75 Å². The van der Waals surface area contributed by atoms with E-state index in [4.69, 9.17) is 22.1 Å². The second kappa shape index (κ2) is 6.09. The van der Waals surface area contributed by atoms with E-state index in [0.29, 0.717) is 17.4 Å². The molecule has 0 saturated carbocycles. The minimum Gasteiger partial charge on any atom is -0.487 e. The summed E-state index contributed by atoms with van der Waals surface area (Å²) < 4.78 is 5.88. The number of nitrogens with two attached hydrogens (primary N) is 1. The summed E-state index contributed by atoms with van der Waals surface area (Å²) in [4.78, 5) is 0. The maximum atomic E-state index is 6.20. The lowest BCUT2D eigenvalue weighted by Crippen LogP contribution is -2.08. The summed E-state index contributed by atoms with van der Waals surface area (Å²) in [7, 11) is 0. The van der Waals surface area contributed by atoms with E-state index < -0.39 is 0 Å². The van der Waals surface area contributed by atoms with Crippen molar-refractivity contribution in [3.63, 3.8) is 0 Å². The molecule has 0 aliphatic carbocycles. The zero-order valence-corrected chi connectivity index (χ0v) is 11.9. The predicted molar refractivity (Wildman–Crippen MR) is 79.6 cm³/mol. The molecule has 0 fully saturated rings. The van der Waals surface area contributed by atoms with Gasteiger partial charge in [0.1, 0.15) is 12.4 Å². The van der Waals surface area contributed by atoms with Gasteiger partial charge in [0.25, 0.3) is 0 Å². The zero-order chi connectivity index (χ0) is 13.8. The molecule has 0 aliphatic rings. The molecule has 1 unspecified atom stereocenters. The zero-order valence-electron chi connectivity index (χ0n) is 11.2. The number of aryl methyl sites for hydroxylation is 1. The fourth-order valence-corrected chi connectivity index (χ4v) is 2.19. The van der Waals surface area contributed by atoms with Crippen molar-refractivity contribution in [2.75, 3.05) is 0 Å². The molecular weight excluding hydrogens is 258 g/mol. The van der Waals surface area contributed by atoms with Crippen LogP contribution in [0.1, 0.15) is 29.7 Å². The molecule has 2 N–H and O–H groups in total. The van der Waals surface area contributed by atoms with Crippen molar-refractivity contribution in [2.24, 2.45) is 5.73 Å². The van der Waals surface area contributed by atoms with Crippen LogP contribution in [-0.4, -0.2) is 0 Å². The van der Waals surface area contributed by atoms with E-state index in [1.807, 2.05) is 37.3 Å². The maximum Gasteiger partial charge on any atom is 0.143 e. The van der Waals surface area contributed by atoms with Gasteiger partial charge in [-0.25, -0.2) is 0 Å². The molecule has 19 heavy (non-hydrogen) atoms. The molecule has 3 heteroatoms. The van der Waals surface area contributed by atoms with Crippen molar-refractivity contribution >= 4 is 11.6 Å². The van der Waals surface area contributed by atoms with E-state index in [2.05, 4.69) is 19.1 Å². The van der Waals surface area contributed by atoms with E-state index >= 15 is 0 Å². The molecular formula is C16H18ClNO. The normalized spacial score (nSPS) is 12.2. The number of hydrogen-bond donors (Lipinski definition) is 1. The van der Waals surface area contributed by atoms with Crippen LogP contribution < -0.4 is 10.5 Å². The summed E-state index contributed by atoms with van der Waals surface area (Å²) in [6, 6.07) is 13.7. The van der Waals surface area contributed by atoms with Crippen molar-refractivity contribution in [2.45, 2.75) is 26.5 Å². The van der Waals surface area contributed by atoms with Crippen molar-refractivity contribution in [1.82, 2.24) is 0 Å². The van der Waals surface area contributed by atoms with Gasteiger partial charge >= 0.3 is 0 Å². The van der Waals surface area contributed by atoms with Crippen LogP contribution in [0.25, 0.3) is 0 Å². The van der Waals surface area contributed by atoms with E-state index in [0.717, 1.165) is 11.1 Å². The Bertz CT molecular complexity index is 566. The van der Waals surface area contributed by atoms with E-state index in [-0.39, 0.29) is 6.04 Å². The first-order valence-corrected chi connectivity index (χ1v) is 6.68. The van der Waals surface area contributed by atoms with Gasteiger partial charge < -0.3 is 10.5 Å². The largest absolute Gasteiger partial charge is 0.487 e. The Hall–Kier alpha value is -1.51. The molecule has 2 nitrogen and oxygen atoms in total. The molecule has 2 rings (SSSR count). The average Bonchev–Trinajstić information content (AvgIpc) is 2.38. The Morgan fingerprint density at radius 2 is 1.89 bits per heavy atom. The van der Waals surface area contributed by atoms with Crippen LogP contribution in [0.5, 0.6) is 5.75 Å². The Morgan fingerprint density at radius 3 is 2.58 bits per heavy atom. The minimum atomic E-state index is -0.106. The van der Waals surface area contributed by atoms with Crippen LogP contribution in [0.4, 0.5) is 0 Å². The lowest BCUT2D eigenvalue weighted by molar-refractivity contribution is 0.301. The molecule has 2 aromatic rings. The highest BCUT2D eigenvalue weighted by molar-refractivity contribution is 6.32. The minimum absolute atomic E-state index is 0.106. The van der Waals surface area contributed by atoms with Crippen LogP contribution in [0.15, 0.2) is 42.5 Å². The van der Waals surface area contributed by atoms with Crippen LogP contribution in [0, 0.1) is 6.92 Å². The van der Waals surface area contributed by atoms with E-state index in [1.165, 1.54) is 5.56 Å². The number of para-hydroxylation sites is 1. The number of hydrogen-bond acceptors (Lipinski definition) is 2. The number of ether oxygens (including phenoxy) is 1. The van der Waals surface area contributed by atoms with E-state index in [9.17, 15) is 0 Å². The SMILES string of the molecule is Cc1ccccc1COc1c(Cl)cccc1C(C)N. The molecule has 0 amide bonds. The third-order valence-electron chi connectivity index (χ3n) is 3.12. The molecule has 100 valence electrons. The second-order valence-electron chi connectivity index (χ2n) is 4.66. The van der Waals surface area contributed by atoms with Gasteiger partial charge in [-0.15, -0.1) is 0 Å². The summed E-state index contributed by atoms with van der Waals surface area (Å²) >= 11 is 6.20. The monoisotopic (exact) mass is 275 g/mol. The van der Waals surface area contributed by atoms with Crippen molar-refractivity contribution in [1.29, 1.82) is 0 Å². The summed E-state index contributed by atoms with van der Waals surface area (Å²) in [5, 5.41) is 0.600. The fourth-order valence-electron chi connectivity index (χ4n) is 1.96. The van der Waals surface area contributed by atoms with Crippen LogP contribution in [0.2, 0.25) is 5.02 Å². The third-order valence-corrected chi connectivity index (χ3v) is 3.42. The molecule has 1 atom stereocenters. The second-order valence-corrected chi connectivity index (χ2v) is 5.07. The maximum absolute atomic E-state index is 6.20. The molecule has 0 saturated heterocycles. The Kier molecular flexibility index (Phi) is 4.46. The molecule has 0 spiro atoms. The van der Waals surface area contributed by atoms with Crippen LogP contribution in [0.3, 0.4) is 0 Å². The Labute approximate surface area is 119 Å². The lowest BCUT2D eigenvalue weighted by Gasteiger charge is -2.16. The Balaban J connectivity index is 2.22. The fraction of sp³-hybridized carbons (Fsp3) is 0.250. The van der Waals surface area contributed by atoms with Gasteiger partial charge in [0, 0.05) is 11.6 Å². The highest BCUT2D eigenvalue weighted by Gasteiger charge is 2.12. The van der Waals surface area contributed by atoms with Gasteiger partial charge in [0.05, 0.1) is 5.02 Å².